The Kier molecular flexibility index (Phi) is 6.01. The molecule has 3 N–H and O–H groups in total. The van der Waals surface area contributed by atoms with Crippen molar-refractivity contribution in [2.24, 2.45) is 0 Å². The first kappa shape index (κ1) is 21.2. The van der Waals surface area contributed by atoms with Crippen LogP contribution in [0.5, 0.6) is 0 Å². The van der Waals surface area contributed by atoms with Crippen molar-refractivity contribution in [3.8, 4) is 0 Å². The van der Waals surface area contributed by atoms with Crippen LogP contribution in [-0.2, 0) is 4.74 Å². The number of benzene rings is 1. The summed E-state index contributed by atoms with van der Waals surface area (Å²) in [5.74, 6) is -0.926. The van der Waals surface area contributed by atoms with E-state index in [1.807, 2.05) is 0 Å². The molecule has 0 saturated heterocycles. The Morgan fingerprint density at radius 2 is 1.73 bits per heavy atom. The fraction of sp³-hybridized carbons (Fsp3) is 0.211. The molecule has 10 nitrogen and oxygen atoms in total. The number of nitrogens with zero attached hydrogens (tertiary/aromatic N) is 3. The zero-order valence-corrected chi connectivity index (χ0v) is 18.0. The molecule has 0 fully saturated rings. The first-order chi connectivity index (χ1) is 14.1. The minimum Gasteiger partial charge on any atom is -0.443 e. The molecule has 0 unspecified atom stereocenters. The van der Waals surface area contributed by atoms with Crippen LogP contribution in [0, 0.1) is 0 Å². The third-order valence-electron chi connectivity index (χ3n) is 3.64. The summed E-state index contributed by atoms with van der Waals surface area (Å²) >= 11 is 3.32. The number of rotatable bonds is 3. The van der Waals surface area contributed by atoms with E-state index in [0.29, 0.717) is 11.3 Å². The summed E-state index contributed by atoms with van der Waals surface area (Å²) in [5.41, 5.74) is 4.98. The van der Waals surface area contributed by atoms with E-state index >= 15 is 0 Å². The van der Waals surface area contributed by atoms with Gasteiger partial charge in [-0.05, 0) is 45.0 Å². The number of carbonyl (C=O) groups is 3. The smallest absolute Gasteiger partial charge is 0.426 e. The number of hydrogen-bond acceptors (Lipinski definition) is 6. The largest absolute Gasteiger partial charge is 0.443 e. The van der Waals surface area contributed by atoms with Crippen LogP contribution < -0.4 is 16.2 Å². The van der Waals surface area contributed by atoms with E-state index in [1.54, 1.807) is 45.0 Å². The lowest BCUT2D eigenvalue weighted by molar-refractivity contribution is 0.0483. The van der Waals surface area contributed by atoms with Crippen molar-refractivity contribution < 1.29 is 19.1 Å². The van der Waals surface area contributed by atoms with Gasteiger partial charge in [0.15, 0.2) is 5.65 Å². The molecule has 0 saturated carbocycles. The van der Waals surface area contributed by atoms with Gasteiger partial charge in [-0.2, -0.15) is 5.10 Å². The van der Waals surface area contributed by atoms with Crippen LogP contribution in [-0.4, -0.2) is 38.1 Å². The maximum absolute atomic E-state index is 12.3. The molecule has 1 aromatic carbocycles. The molecular weight excluding hydrogens is 456 g/mol. The molecule has 2 heterocycles. The van der Waals surface area contributed by atoms with Crippen molar-refractivity contribution >= 4 is 45.2 Å². The molecule has 0 aliphatic heterocycles. The fourth-order valence-electron chi connectivity index (χ4n) is 2.38. The molecule has 0 atom stereocenters. The second-order valence-electron chi connectivity index (χ2n) is 7.21. The predicted octanol–water partition coefficient (Wildman–Crippen LogP) is 2.91. The van der Waals surface area contributed by atoms with E-state index in [1.165, 1.54) is 23.1 Å². The first-order valence-electron chi connectivity index (χ1n) is 8.82. The lowest BCUT2D eigenvalue weighted by atomic mass is 10.2. The van der Waals surface area contributed by atoms with Crippen molar-refractivity contribution in [3.63, 3.8) is 0 Å². The SMILES string of the molecule is CC(C)(C)OC(=O)NNC(=O)c1cnn2cc(NC(=O)c3ccc(Br)cc3)cnc12. The number of aromatic nitrogens is 3. The molecule has 156 valence electrons. The molecule has 2 aromatic heterocycles. The molecule has 3 aromatic rings. The number of halogens is 1. The van der Waals surface area contributed by atoms with Crippen LogP contribution >= 0.6 is 15.9 Å². The van der Waals surface area contributed by atoms with Crippen LogP contribution in [0.4, 0.5) is 10.5 Å². The Hall–Kier alpha value is -3.47. The number of ether oxygens (including phenoxy) is 1. The third-order valence-corrected chi connectivity index (χ3v) is 4.17. The van der Waals surface area contributed by atoms with Crippen molar-refractivity contribution in [2.75, 3.05) is 5.32 Å². The molecule has 0 spiro atoms. The van der Waals surface area contributed by atoms with Gasteiger partial charge in [-0.15, -0.1) is 0 Å². The van der Waals surface area contributed by atoms with E-state index in [9.17, 15) is 14.4 Å². The van der Waals surface area contributed by atoms with Gasteiger partial charge < -0.3 is 10.1 Å². The predicted molar refractivity (Wildman–Crippen MR) is 112 cm³/mol. The summed E-state index contributed by atoms with van der Waals surface area (Å²) in [5, 5.41) is 6.79. The quantitative estimate of drug-likeness (QED) is 0.500. The topological polar surface area (TPSA) is 127 Å². The molecular formula is C19H19BrN6O4. The minimum absolute atomic E-state index is 0.136. The van der Waals surface area contributed by atoms with Crippen molar-refractivity contribution in [2.45, 2.75) is 26.4 Å². The number of hydrazine groups is 1. The van der Waals surface area contributed by atoms with Gasteiger partial charge in [0.1, 0.15) is 11.2 Å². The van der Waals surface area contributed by atoms with Crippen LogP contribution in [0.2, 0.25) is 0 Å². The average molecular weight is 475 g/mol. The Labute approximate surface area is 180 Å². The summed E-state index contributed by atoms with van der Waals surface area (Å²) in [6.45, 7) is 5.12. The number of carbonyl (C=O) groups excluding carboxylic acids is 3. The minimum atomic E-state index is -0.793. The third kappa shape index (κ3) is 5.32. The van der Waals surface area contributed by atoms with Gasteiger partial charge in [-0.25, -0.2) is 19.7 Å². The molecule has 3 amide bonds. The molecule has 0 bridgehead atoms. The van der Waals surface area contributed by atoms with Gasteiger partial charge in [-0.1, -0.05) is 15.9 Å². The average Bonchev–Trinajstić information content (AvgIpc) is 3.08. The van der Waals surface area contributed by atoms with Crippen LogP contribution in [0.1, 0.15) is 41.5 Å². The van der Waals surface area contributed by atoms with E-state index in [0.717, 1.165) is 4.47 Å². The van der Waals surface area contributed by atoms with E-state index in [4.69, 9.17) is 4.74 Å². The summed E-state index contributed by atoms with van der Waals surface area (Å²) in [7, 11) is 0. The number of fused-ring (bicyclic) bond motifs is 1. The maximum atomic E-state index is 12.3. The lowest BCUT2D eigenvalue weighted by Gasteiger charge is -2.19. The number of amides is 3. The Morgan fingerprint density at radius 1 is 1.03 bits per heavy atom. The zero-order chi connectivity index (χ0) is 21.9. The Bertz CT molecular complexity index is 1100. The zero-order valence-electron chi connectivity index (χ0n) is 16.4. The van der Waals surface area contributed by atoms with E-state index in [-0.39, 0.29) is 17.1 Å². The van der Waals surface area contributed by atoms with Gasteiger partial charge >= 0.3 is 6.09 Å². The van der Waals surface area contributed by atoms with Crippen molar-refractivity contribution in [1.82, 2.24) is 25.4 Å². The van der Waals surface area contributed by atoms with Crippen LogP contribution in [0.25, 0.3) is 5.65 Å². The summed E-state index contributed by atoms with van der Waals surface area (Å²) < 4.78 is 7.26. The van der Waals surface area contributed by atoms with Crippen LogP contribution in [0.3, 0.4) is 0 Å². The maximum Gasteiger partial charge on any atom is 0.426 e. The fourth-order valence-corrected chi connectivity index (χ4v) is 2.65. The second-order valence-corrected chi connectivity index (χ2v) is 8.13. The molecule has 3 rings (SSSR count). The van der Waals surface area contributed by atoms with Gasteiger partial charge in [0.25, 0.3) is 11.8 Å². The Morgan fingerprint density at radius 3 is 2.40 bits per heavy atom. The monoisotopic (exact) mass is 474 g/mol. The normalized spacial score (nSPS) is 11.1. The number of hydrogen-bond donors (Lipinski definition) is 3. The van der Waals surface area contributed by atoms with Gasteiger partial charge in [0.05, 0.1) is 24.3 Å². The molecule has 11 heteroatoms. The highest BCUT2D eigenvalue weighted by Gasteiger charge is 2.19. The van der Waals surface area contributed by atoms with Gasteiger partial charge in [0, 0.05) is 10.0 Å². The second kappa shape index (κ2) is 8.49. The lowest BCUT2D eigenvalue weighted by Crippen LogP contribution is -2.44. The first-order valence-corrected chi connectivity index (χ1v) is 9.61. The molecule has 0 aliphatic carbocycles. The number of nitrogens with one attached hydrogen (secondary N) is 3. The standard InChI is InChI=1S/C19H19BrN6O4/c1-19(2,3)30-18(29)25-24-17(28)14-9-22-26-10-13(8-21-15(14)26)23-16(27)11-4-6-12(20)7-5-11/h4-10H,1-3H3,(H,23,27)(H,24,28)(H,25,29). The van der Waals surface area contributed by atoms with Gasteiger partial charge in [0.2, 0.25) is 0 Å². The van der Waals surface area contributed by atoms with E-state index < -0.39 is 17.6 Å². The molecule has 30 heavy (non-hydrogen) atoms. The van der Waals surface area contributed by atoms with Crippen molar-refractivity contribution in [3.05, 3.63) is 58.5 Å². The van der Waals surface area contributed by atoms with Gasteiger partial charge in [-0.3, -0.25) is 15.0 Å². The van der Waals surface area contributed by atoms with E-state index in [2.05, 4.69) is 42.2 Å². The Balaban J connectivity index is 1.68. The van der Waals surface area contributed by atoms with Crippen LogP contribution in [0.15, 0.2) is 47.3 Å². The summed E-state index contributed by atoms with van der Waals surface area (Å²) in [6, 6.07) is 6.89. The highest BCUT2D eigenvalue weighted by molar-refractivity contribution is 9.10. The highest BCUT2D eigenvalue weighted by atomic mass is 79.9. The molecule has 0 aliphatic rings. The summed E-state index contributed by atoms with van der Waals surface area (Å²) in [6.07, 6.45) is 3.44. The van der Waals surface area contributed by atoms with Crippen molar-refractivity contribution in [1.29, 1.82) is 0 Å². The summed E-state index contributed by atoms with van der Waals surface area (Å²) in [4.78, 5) is 40.5. The number of anilines is 1. The molecule has 0 radical (unpaired) electrons. The highest BCUT2D eigenvalue weighted by Crippen LogP contribution is 2.15.